The number of hydrogen-bond donors (Lipinski definition) is 1. The molecule has 0 bridgehead atoms. The maximum absolute atomic E-state index is 13.2. The molecule has 1 amide bonds. The van der Waals surface area contributed by atoms with Crippen molar-refractivity contribution in [2.75, 3.05) is 11.9 Å². The lowest BCUT2D eigenvalue weighted by molar-refractivity contribution is -0.117. The molecule has 134 valence electrons. The minimum absolute atomic E-state index is 0.0567. The molecule has 1 N–H and O–H groups in total. The molecule has 25 heavy (non-hydrogen) atoms. The van der Waals surface area contributed by atoms with Crippen molar-refractivity contribution in [2.45, 2.75) is 35.9 Å². The van der Waals surface area contributed by atoms with E-state index < -0.39 is 15.8 Å². The number of nitrogens with one attached hydrogen (secondary N) is 1. The summed E-state index contributed by atoms with van der Waals surface area (Å²) in [6.07, 6.45) is 2.36. The van der Waals surface area contributed by atoms with E-state index in [0.717, 1.165) is 12.8 Å². The van der Waals surface area contributed by atoms with Gasteiger partial charge in [-0.3, -0.25) is 4.79 Å². The van der Waals surface area contributed by atoms with E-state index in [4.69, 9.17) is 0 Å². The zero-order valence-corrected chi connectivity index (χ0v) is 15.2. The Labute approximate surface area is 150 Å². The van der Waals surface area contributed by atoms with E-state index in [0.29, 0.717) is 22.9 Å². The Balaban J connectivity index is 1.72. The topological polar surface area (TPSA) is 66.5 Å². The summed E-state index contributed by atoms with van der Waals surface area (Å²) in [4.78, 5) is 12.3. The molecule has 0 aliphatic carbocycles. The quantitative estimate of drug-likeness (QED) is 0.861. The van der Waals surface area contributed by atoms with Crippen LogP contribution < -0.4 is 5.32 Å². The number of thiophene rings is 1. The third kappa shape index (κ3) is 4.26. The molecule has 2 heterocycles. The molecule has 1 unspecified atom stereocenters. The number of benzene rings is 1. The summed E-state index contributed by atoms with van der Waals surface area (Å²) in [5.41, 5.74) is 0.369. The average molecular weight is 382 g/mol. The van der Waals surface area contributed by atoms with Crippen molar-refractivity contribution in [2.24, 2.45) is 0 Å². The van der Waals surface area contributed by atoms with E-state index in [1.165, 1.54) is 33.8 Å². The van der Waals surface area contributed by atoms with Crippen LogP contribution in [0.5, 0.6) is 0 Å². The number of carbonyl (C=O) groups is 1. The molecular formula is C17H19FN2O3S2. The highest BCUT2D eigenvalue weighted by atomic mass is 32.2. The molecule has 1 aromatic carbocycles. The number of halogens is 1. The minimum atomic E-state index is -3.58. The van der Waals surface area contributed by atoms with Crippen molar-refractivity contribution in [1.82, 2.24) is 4.31 Å². The molecule has 5 nitrogen and oxygen atoms in total. The standard InChI is InChI=1S/C17H19FN2O3S2/c18-13-5-3-6-14(11-13)19-16(21)12-15-7-1-2-9-20(15)25(22,23)17-8-4-10-24-17/h3-6,8,10-11,15H,1-2,7,9,12H2,(H,19,21). The van der Waals surface area contributed by atoms with Gasteiger partial charge in [-0.05, 0) is 42.5 Å². The van der Waals surface area contributed by atoms with Crippen molar-refractivity contribution in [3.8, 4) is 0 Å². The first-order valence-corrected chi connectivity index (χ1v) is 10.4. The van der Waals surface area contributed by atoms with Gasteiger partial charge >= 0.3 is 0 Å². The number of amides is 1. The lowest BCUT2D eigenvalue weighted by Crippen LogP contribution is -2.45. The smallest absolute Gasteiger partial charge is 0.252 e. The fourth-order valence-electron chi connectivity index (χ4n) is 3.01. The largest absolute Gasteiger partial charge is 0.326 e. The fraction of sp³-hybridized carbons (Fsp3) is 0.353. The van der Waals surface area contributed by atoms with Crippen LogP contribution in [-0.2, 0) is 14.8 Å². The minimum Gasteiger partial charge on any atom is -0.326 e. The van der Waals surface area contributed by atoms with E-state index in [9.17, 15) is 17.6 Å². The van der Waals surface area contributed by atoms with Gasteiger partial charge in [0.1, 0.15) is 10.0 Å². The Morgan fingerprint density at radius 3 is 2.84 bits per heavy atom. The van der Waals surface area contributed by atoms with Gasteiger partial charge in [0.05, 0.1) is 0 Å². The van der Waals surface area contributed by atoms with Crippen LogP contribution in [-0.4, -0.2) is 31.2 Å². The van der Waals surface area contributed by atoms with Crippen molar-refractivity contribution in [3.05, 3.63) is 47.6 Å². The summed E-state index contributed by atoms with van der Waals surface area (Å²) in [5.74, 6) is -0.749. The van der Waals surface area contributed by atoms with Crippen LogP contribution in [0.2, 0.25) is 0 Å². The Kier molecular flexibility index (Phi) is 5.51. The first-order chi connectivity index (χ1) is 12.0. The molecule has 0 radical (unpaired) electrons. The highest BCUT2D eigenvalue weighted by molar-refractivity contribution is 7.91. The predicted molar refractivity (Wildman–Crippen MR) is 95.5 cm³/mol. The molecule has 1 aliphatic heterocycles. The van der Waals surface area contributed by atoms with E-state index in [1.807, 2.05) is 0 Å². The van der Waals surface area contributed by atoms with Gasteiger partial charge in [0, 0.05) is 24.7 Å². The molecular weight excluding hydrogens is 363 g/mol. The molecule has 0 saturated carbocycles. The molecule has 1 aromatic heterocycles. The summed E-state index contributed by atoms with van der Waals surface area (Å²) in [6.45, 7) is 0.415. The number of nitrogens with zero attached hydrogens (tertiary/aromatic N) is 1. The normalized spacial score (nSPS) is 18.8. The second-order valence-electron chi connectivity index (χ2n) is 5.96. The van der Waals surface area contributed by atoms with E-state index in [-0.39, 0.29) is 18.4 Å². The second kappa shape index (κ2) is 7.63. The zero-order chi connectivity index (χ0) is 17.9. The molecule has 8 heteroatoms. The van der Waals surface area contributed by atoms with Crippen LogP contribution in [0, 0.1) is 5.82 Å². The van der Waals surface area contributed by atoms with Gasteiger partial charge in [-0.25, -0.2) is 12.8 Å². The second-order valence-corrected chi connectivity index (χ2v) is 9.03. The first-order valence-electron chi connectivity index (χ1n) is 8.07. The van der Waals surface area contributed by atoms with Gasteiger partial charge in [0.25, 0.3) is 10.0 Å². The average Bonchev–Trinajstić information content (AvgIpc) is 3.10. The highest BCUT2D eigenvalue weighted by Crippen LogP contribution is 2.29. The van der Waals surface area contributed by atoms with Crippen LogP contribution in [0.1, 0.15) is 25.7 Å². The third-order valence-electron chi connectivity index (χ3n) is 4.16. The van der Waals surface area contributed by atoms with Crippen molar-refractivity contribution < 1.29 is 17.6 Å². The van der Waals surface area contributed by atoms with Gasteiger partial charge in [-0.2, -0.15) is 4.31 Å². The predicted octanol–water partition coefficient (Wildman–Crippen LogP) is 3.46. The maximum Gasteiger partial charge on any atom is 0.252 e. The van der Waals surface area contributed by atoms with Gasteiger partial charge in [-0.15, -0.1) is 11.3 Å². The zero-order valence-electron chi connectivity index (χ0n) is 13.5. The number of carbonyl (C=O) groups excluding carboxylic acids is 1. The van der Waals surface area contributed by atoms with E-state index in [1.54, 1.807) is 23.6 Å². The third-order valence-corrected chi connectivity index (χ3v) is 7.49. The summed E-state index contributed by atoms with van der Waals surface area (Å²) in [6, 6.07) is 8.55. The van der Waals surface area contributed by atoms with Gasteiger partial charge in [0.15, 0.2) is 0 Å². The lowest BCUT2D eigenvalue weighted by Gasteiger charge is -2.34. The van der Waals surface area contributed by atoms with Gasteiger partial charge in [0.2, 0.25) is 5.91 Å². The van der Waals surface area contributed by atoms with Crippen LogP contribution in [0.4, 0.5) is 10.1 Å². The molecule has 1 atom stereocenters. The Morgan fingerprint density at radius 1 is 1.28 bits per heavy atom. The monoisotopic (exact) mass is 382 g/mol. The first kappa shape index (κ1) is 18.0. The Hall–Kier alpha value is -1.77. The number of anilines is 1. The van der Waals surface area contributed by atoms with Gasteiger partial charge < -0.3 is 5.32 Å². The van der Waals surface area contributed by atoms with E-state index >= 15 is 0 Å². The molecule has 1 aliphatic rings. The summed E-state index contributed by atoms with van der Waals surface area (Å²) in [5, 5.41) is 4.36. The highest BCUT2D eigenvalue weighted by Gasteiger charge is 2.35. The van der Waals surface area contributed by atoms with Crippen LogP contribution >= 0.6 is 11.3 Å². The Bertz CT molecular complexity index is 837. The molecule has 2 aromatic rings. The van der Waals surface area contributed by atoms with Crippen molar-refractivity contribution >= 4 is 33.0 Å². The fourth-order valence-corrected chi connectivity index (χ4v) is 5.82. The van der Waals surface area contributed by atoms with Crippen molar-refractivity contribution in [1.29, 1.82) is 0 Å². The van der Waals surface area contributed by atoms with Gasteiger partial charge in [-0.1, -0.05) is 18.6 Å². The summed E-state index contributed by atoms with van der Waals surface area (Å²) in [7, 11) is -3.58. The van der Waals surface area contributed by atoms with E-state index in [2.05, 4.69) is 5.32 Å². The number of hydrogen-bond acceptors (Lipinski definition) is 4. The summed E-state index contributed by atoms with van der Waals surface area (Å²) >= 11 is 1.18. The lowest BCUT2D eigenvalue weighted by atomic mass is 10.0. The molecule has 0 spiro atoms. The molecule has 1 saturated heterocycles. The molecule has 3 rings (SSSR count). The summed E-state index contributed by atoms with van der Waals surface area (Å²) < 4.78 is 40.5. The van der Waals surface area contributed by atoms with Crippen LogP contribution in [0.15, 0.2) is 46.0 Å². The van der Waals surface area contributed by atoms with Crippen molar-refractivity contribution in [3.63, 3.8) is 0 Å². The molecule has 1 fully saturated rings. The number of piperidine rings is 1. The van der Waals surface area contributed by atoms with Crippen LogP contribution in [0.25, 0.3) is 0 Å². The number of rotatable bonds is 5. The number of sulfonamides is 1. The van der Waals surface area contributed by atoms with Crippen LogP contribution in [0.3, 0.4) is 0 Å². The SMILES string of the molecule is O=C(CC1CCCCN1S(=O)(=O)c1cccs1)Nc1cccc(F)c1. The Morgan fingerprint density at radius 2 is 2.12 bits per heavy atom. The maximum atomic E-state index is 13.2.